The van der Waals surface area contributed by atoms with Gasteiger partial charge in [-0.25, -0.2) is 0 Å². The molecule has 0 spiro atoms. The van der Waals surface area contributed by atoms with Crippen molar-refractivity contribution in [1.82, 2.24) is 0 Å². The van der Waals surface area contributed by atoms with Crippen molar-refractivity contribution in [3.8, 4) is 0 Å². The van der Waals surface area contributed by atoms with Crippen molar-refractivity contribution in [1.29, 1.82) is 0 Å². The average Bonchev–Trinajstić information content (AvgIpc) is 1.61. The zero-order valence-corrected chi connectivity index (χ0v) is 7.57. The SMILES string of the molecule is CCCC[NH+](C)[O-].[I-]. The fourth-order valence-corrected chi connectivity index (χ4v) is 0.426. The number of nitrogens with one attached hydrogen (secondary N) is 1. The third-order valence-corrected chi connectivity index (χ3v) is 0.882. The van der Waals surface area contributed by atoms with E-state index in [9.17, 15) is 5.21 Å². The molecule has 0 aliphatic carbocycles. The second-order valence-electron chi connectivity index (χ2n) is 1.81. The first kappa shape index (κ1) is 11.4. The van der Waals surface area contributed by atoms with Crippen molar-refractivity contribution in [2.75, 3.05) is 13.6 Å². The number of unbranched alkanes of at least 4 members (excludes halogenated alkanes) is 1. The molecular weight excluding hydrogens is 217 g/mol. The Morgan fingerprint density at radius 1 is 1.50 bits per heavy atom. The van der Waals surface area contributed by atoms with E-state index in [0.29, 0.717) is 5.06 Å². The predicted molar refractivity (Wildman–Crippen MR) is 30.0 cm³/mol. The van der Waals surface area contributed by atoms with Crippen LogP contribution in [0.2, 0.25) is 0 Å². The first-order valence-electron chi connectivity index (χ1n) is 2.76. The fourth-order valence-electron chi connectivity index (χ4n) is 0.426. The number of quaternary nitrogens is 1. The highest BCUT2D eigenvalue weighted by Gasteiger charge is 1.82. The molecule has 8 heavy (non-hydrogen) atoms. The van der Waals surface area contributed by atoms with E-state index in [1.165, 1.54) is 0 Å². The lowest BCUT2D eigenvalue weighted by molar-refractivity contribution is -0.826. The molecule has 2 nitrogen and oxygen atoms in total. The number of hydrogen-bond donors (Lipinski definition) is 1. The summed E-state index contributed by atoms with van der Waals surface area (Å²) in [6, 6.07) is 0. The molecule has 3 heteroatoms. The molecule has 52 valence electrons. The number of halogens is 1. The van der Waals surface area contributed by atoms with Gasteiger partial charge in [-0.3, -0.25) is 0 Å². The fraction of sp³-hybridized carbons (Fsp3) is 1.00. The standard InChI is InChI=1S/C5H13NO.HI/c1-3-4-5-6(2)7;/h6H,3-5H2,1-2H3;1H/p-1. The molecule has 0 amide bonds. The molecule has 0 saturated heterocycles. The molecule has 1 atom stereocenters. The molecule has 0 saturated carbocycles. The second kappa shape index (κ2) is 7.65. The van der Waals surface area contributed by atoms with Gasteiger partial charge < -0.3 is 34.2 Å². The minimum Gasteiger partial charge on any atom is -1.00 e. The third-order valence-electron chi connectivity index (χ3n) is 0.882. The minimum atomic E-state index is 0. The largest absolute Gasteiger partial charge is 1.00 e. The zero-order valence-electron chi connectivity index (χ0n) is 5.41. The normalized spacial score (nSPS) is 12.4. The number of rotatable bonds is 3. The Hall–Kier alpha value is 0.650. The second-order valence-corrected chi connectivity index (χ2v) is 1.81. The molecule has 0 radical (unpaired) electrons. The van der Waals surface area contributed by atoms with Crippen LogP contribution in [-0.2, 0) is 0 Å². The predicted octanol–water partition coefficient (Wildman–Crippen LogP) is -3.20. The zero-order chi connectivity index (χ0) is 5.70. The average molecular weight is 230 g/mol. The lowest BCUT2D eigenvalue weighted by Crippen LogP contribution is -3.03. The molecule has 0 bridgehead atoms. The van der Waals surface area contributed by atoms with Crippen LogP contribution in [0.15, 0.2) is 0 Å². The van der Waals surface area contributed by atoms with E-state index in [0.717, 1.165) is 19.4 Å². The smallest absolute Gasteiger partial charge is 0.0766 e. The summed E-state index contributed by atoms with van der Waals surface area (Å²) in [6.07, 6.45) is 2.18. The van der Waals surface area contributed by atoms with E-state index < -0.39 is 0 Å². The quantitative estimate of drug-likeness (QED) is 0.401. The van der Waals surface area contributed by atoms with E-state index in [2.05, 4.69) is 6.92 Å². The van der Waals surface area contributed by atoms with Crippen molar-refractivity contribution in [2.24, 2.45) is 0 Å². The summed E-state index contributed by atoms with van der Waals surface area (Å²) in [6.45, 7) is 2.85. The van der Waals surface area contributed by atoms with Crippen LogP contribution in [0.3, 0.4) is 0 Å². The molecule has 0 aromatic carbocycles. The molecule has 0 aromatic rings. The summed E-state index contributed by atoms with van der Waals surface area (Å²) in [7, 11) is 1.63. The van der Waals surface area contributed by atoms with Crippen molar-refractivity contribution in [2.45, 2.75) is 19.8 Å². The van der Waals surface area contributed by atoms with Crippen molar-refractivity contribution in [3.05, 3.63) is 5.21 Å². The molecule has 0 rings (SSSR count). The van der Waals surface area contributed by atoms with Crippen LogP contribution >= 0.6 is 0 Å². The van der Waals surface area contributed by atoms with Crippen LogP contribution in [0, 0.1) is 5.21 Å². The summed E-state index contributed by atoms with van der Waals surface area (Å²) >= 11 is 0. The van der Waals surface area contributed by atoms with Crippen molar-refractivity contribution in [3.63, 3.8) is 0 Å². The maximum Gasteiger partial charge on any atom is 0.0766 e. The topological polar surface area (TPSA) is 27.5 Å². The van der Waals surface area contributed by atoms with E-state index in [1.54, 1.807) is 7.05 Å². The van der Waals surface area contributed by atoms with Gasteiger partial charge in [0.25, 0.3) is 0 Å². The molecule has 1 N–H and O–H groups in total. The van der Waals surface area contributed by atoms with Crippen molar-refractivity contribution >= 4 is 0 Å². The molecule has 0 heterocycles. The molecule has 0 aromatic heterocycles. The maximum atomic E-state index is 10.2. The Morgan fingerprint density at radius 2 is 2.00 bits per heavy atom. The molecule has 0 aliphatic rings. The first-order valence-corrected chi connectivity index (χ1v) is 2.76. The highest BCUT2D eigenvalue weighted by atomic mass is 127. The molecular formula is C5H13INO-. The monoisotopic (exact) mass is 230 g/mol. The lowest BCUT2D eigenvalue weighted by Gasteiger charge is -2.14. The number of hydrogen-bond acceptors (Lipinski definition) is 1. The Bertz CT molecular complexity index is 41.4. The summed E-state index contributed by atoms with van der Waals surface area (Å²) in [5.41, 5.74) is 0. The van der Waals surface area contributed by atoms with Gasteiger partial charge in [0.05, 0.1) is 13.6 Å². The Morgan fingerprint density at radius 3 is 2.12 bits per heavy atom. The van der Waals surface area contributed by atoms with Crippen molar-refractivity contribution < 1.29 is 29.0 Å². The van der Waals surface area contributed by atoms with Gasteiger partial charge in [-0.2, -0.15) is 0 Å². The highest BCUT2D eigenvalue weighted by molar-refractivity contribution is 4.26. The third kappa shape index (κ3) is 9.82. The summed E-state index contributed by atoms with van der Waals surface area (Å²) in [4.78, 5) is 0. The first-order chi connectivity index (χ1) is 3.27. The van der Waals surface area contributed by atoms with Crippen LogP contribution in [0.25, 0.3) is 0 Å². The van der Waals surface area contributed by atoms with Gasteiger partial charge >= 0.3 is 0 Å². The molecule has 0 aliphatic heterocycles. The Kier molecular flexibility index (Phi) is 10.9. The van der Waals surface area contributed by atoms with Crippen LogP contribution < -0.4 is 29.0 Å². The molecule has 0 fully saturated rings. The minimum absolute atomic E-state index is 0. The summed E-state index contributed by atoms with van der Waals surface area (Å²) in [5.74, 6) is 0. The maximum absolute atomic E-state index is 10.2. The summed E-state index contributed by atoms with van der Waals surface area (Å²) in [5, 5.41) is 10.5. The van der Waals surface area contributed by atoms with E-state index >= 15 is 0 Å². The van der Waals surface area contributed by atoms with Crippen LogP contribution in [0.5, 0.6) is 0 Å². The number of hydroxylamine groups is 2. The van der Waals surface area contributed by atoms with Gasteiger partial charge in [0.1, 0.15) is 0 Å². The van der Waals surface area contributed by atoms with Crippen LogP contribution in [0.4, 0.5) is 0 Å². The summed E-state index contributed by atoms with van der Waals surface area (Å²) < 4.78 is 0. The van der Waals surface area contributed by atoms with Gasteiger partial charge in [0, 0.05) is 0 Å². The Balaban J connectivity index is 0. The van der Waals surface area contributed by atoms with E-state index in [1.807, 2.05) is 0 Å². The molecule has 1 unspecified atom stereocenters. The highest BCUT2D eigenvalue weighted by Crippen LogP contribution is 1.77. The van der Waals surface area contributed by atoms with Crippen LogP contribution in [0.1, 0.15) is 19.8 Å². The van der Waals surface area contributed by atoms with Crippen LogP contribution in [-0.4, -0.2) is 13.6 Å². The van der Waals surface area contributed by atoms with Gasteiger partial charge in [0.2, 0.25) is 0 Å². The lowest BCUT2D eigenvalue weighted by atomic mass is 10.3. The van der Waals surface area contributed by atoms with Gasteiger partial charge in [-0.05, 0) is 6.42 Å². The van der Waals surface area contributed by atoms with Gasteiger partial charge in [-0.15, -0.1) is 0 Å². The van der Waals surface area contributed by atoms with E-state index in [4.69, 9.17) is 0 Å². The van der Waals surface area contributed by atoms with E-state index in [-0.39, 0.29) is 24.0 Å². The van der Waals surface area contributed by atoms with Gasteiger partial charge in [-0.1, -0.05) is 13.3 Å². The Labute approximate surface area is 67.9 Å². The van der Waals surface area contributed by atoms with Gasteiger partial charge in [0.15, 0.2) is 0 Å².